The summed E-state index contributed by atoms with van der Waals surface area (Å²) in [6.07, 6.45) is 0. The van der Waals surface area contributed by atoms with Crippen molar-refractivity contribution in [3.05, 3.63) is 63.9 Å². The second-order valence-electron chi connectivity index (χ2n) is 7.98. The molecule has 0 aliphatic carbocycles. The predicted octanol–water partition coefficient (Wildman–Crippen LogP) is 3.51. The van der Waals surface area contributed by atoms with Gasteiger partial charge in [-0.05, 0) is 49.1 Å². The third-order valence-electron chi connectivity index (χ3n) is 5.25. The van der Waals surface area contributed by atoms with Crippen LogP contribution in [0.25, 0.3) is 22.4 Å². The molecule has 7 nitrogen and oxygen atoms in total. The minimum absolute atomic E-state index is 0.0531. The van der Waals surface area contributed by atoms with Crippen molar-refractivity contribution in [1.82, 2.24) is 24.5 Å². The Kier molecular flexibility index (Phi) is 5.82. The Labute approximate surface area is 184 Å². The maximum absolute atomic E-state index is 13.4. The van der Waals surface area contributed by atoms with Crippen LogP contribution in [0.3, 0.4) is 0 Å². The van der Waals surface area contributed by atoms with Crippen molar-refractivity contribution in [3.8, 4) is 5.69 Å². The lowest BCUT2D eigenvalue weighted by atomic mass is 10.1. The van der Waals surface area contributed by atoms with E-state index in [4.69, 9.17) is 0 Å². The van der Waals surface area contributed by atoms with Crippen LogP contribution in [0.15, 0.2) is 52.4 Å². The molecule has 2 aromatic carbocycles. The van der Waals surface area contributed by atoms with E-state index in [0.717, 1.165) is 22.3 Å². The molecule has 2 aromatic heterocycles. The zero-order valence-electron chi connectivity index (χ0n) is 18.0. The largest absolute Gasteiger partial charge is 0.355 e. The first kappa shape index (κ1) is 21.1. The fourth-order valence-corrected chi connectivity index (χ4v) is 4.24. The third kappa shape index (κ3) is 3.95. The fraction of sp³-hybridized carbons (Fsp3) is 0.304. The van der Waals surface area contributed by atoms with E-state index in [-0.39, 0.29) is 17.2 Å². The minimum Gasteiger partial charge on any atom is -0.355 e. The van der Waals surface area contributed by atoms with E-state index in [2.05, 4.69) is 29.4 Å². The highest BCUT2D eigenvalue weighted by Crippen LogP contribution is 2.24. The molecule has 1 amide bonds. The van der Waals surface area contributed by atoms with Gasteiger partial charge < -0.3 is 5.32 Å². The van der Waals surface area contributed by atoms with E-state index >= 15 is 0 Å². The van der Waals surface area contributed by atoms with Crippen molar-refractivity contribution in [2.75, 3.05) is 12.3 Å². The molecule has 0 radical (unpaired) electrons. The molecule has 2 heterocycles. The van der Waals surface area contributed by atoms with Gasteiger partial charge in [0.1, 0.15) is 0 Å². The topological polar surface area (TPSA) is 81.3 Å². The van der Waals surface area contributed by atoms with Crippen LogP contribution >= 0.6 is 11.8 Å². The molecular formula is C23H25N5O2S. The van der Waals surface area contributed by atoms with Crippen LogP contribution in [0, 0.1) is 19.8 Å². The highest BCUT2D eigenvalue weighted by molar-refractivity contribution is 7.99. The first-order valence-corrected chi connectivity index (χ1v) is 11.2. The van der Waals surface area contributed by atoms with Gasteiger partial charge in [0.05, 0.1) is 22.3 Å². The molecule has 0 fully saturated rings. The van der Waals surface area contributed by atoms with Crippen LogP contribution in [-0.4, -0.2) is 37.4 Å². The van der Waals surface area contributed by atoms with Gasteiger partial charge in [0.2, 0.25) is 11.7 Å². The number of para-hydroxylation sites is 1. The highest BCUT2D eigenvalue weighted by atomic mass is 32.2. The molecule has 0 atom stereocenters. The summed E-state index contributed by atoms with van der Waals surface area (Å²) in [6.45, 7) is 8.75. The number of carbonyl (C=O) groups excluding carboxylic acids is 1. The molecule has 0 saturated carbocycles. The van der Waals surface area contributed by atoms with E-state index in [1.54, 1.807) is 4.57 Å². The average molecular weight is 436 g/mol. The maximum Gasteiger partial charge on any atom is 0.267 e. The summed E-state index contributed by atoms with van der Waals surface area (Å²) >= 11 is 1.31. The standard InChI is InChI=1S/C23H25N5O2S/c1-14(2)12-24-20(29)13-31-23-26-25-22-27(18-11-7-8-15(3)16(18)4)21(30)17-9-5-6-10-19(17)28(22)23/h5-11,14H,12-13H2,1-4H3,(H,24,29). The van der Waals surface area contributed by atoms with E-state index < -0.39 is 0 Å². The number of nitrogens with zero attached hydrogens (tertiary/aromatic N) is 4. The van der Waals surface area contributed by atoms with Gasteiger partial charge in [-0.1, -0.05) is 49.9 Å². The Bertz CT molecular complexity index is 1340. The zero-order chi connectivity index (χ0) is 22.1. The molecule has 31 heavy (non-hydrogen) atoms. The second kappa shape index (κ2) is 8.55. The second-order valence-corrected chi connectivity index (χ2v) is 8.92. The summed E-state index contributed by atoms with van der Waals surface area (Å²) in [5.74, 6) is 0.994. The number of nitrogens with one attached hydrogen (secondary N) is 1. The van der Waals surface area contributed by atoms with Gasteiger partial charge in [0, 0.05) is 6.54 Å². The quantitative estimate of drug-likeness (QED) is 0.469. The van der Waals surface area contributed by atoms with Crippen LogP contribution < -0.4 is 10.9 Å². The molecule has 4 aromatic rings. The molecule has 160 valence electrons. The van der Waals surface area contributed by atoms with Crippen molar-refractivity contribution >= 4 is 34.3 Å². The van der Waals surface area contributed by atoms with E-state index in [9.17, 15) is 9.59 Å². The summed E-state index contributed by atoms with van der Waals surface area (Å²) in [5, 5.41) is 12.7. The lowest BCUT2D eigenvalue weighted by Crippen LogP contribution is -2.28. The molecule has 4 rings (SSSR count). The van der Waals surface area contributed by atoms with Gasteiger partial charge >= 0.3 is 0 Å². The van der Waals surface area contributed by atoms with Gasteiger partial charge in [-0.25, -0.2) is 4.57 Å². The van der Waals surface area contributed by atoms with Crippen LogP contribution in [-0.2, 0) is 4.79 Å². The Morgan fingerprint density at radius 3 is 2.65 bits per heavy atom. The number of fused-ring (bicyclic) bond motifs is 3. The van der Waals surface area contributed by atoms with Crippen molar-refractivity contribution in [2.24, 2.45) is 5.92 Å². The summed E-state index contributed by atoms with van der Waals surface area (Å²) in [5.41, 5.74) is 3.45. The normalized spacial score (nSPS) is 11.5. The third-order valence-corrected chi connectivity index (χ3v) is 6.18. The maximum atomic E-state index is 13.4. The number of aryl methyl sites for hydroxylation is 1. The van der Waals surface area contributed by atoms with E-state index in [0.29, 0.717) is 28.8 Å². The number of amides is 1. The summed E-state index contributed by atoms with van der Waals surface area (Å²) in [7, 11) is 0. The molecule has 0 bridgehead atoms. The molecule has 1 N–H and O–H groups in total. The summed E-state index contributed by atoms with van der Waals surface area (Å²) in [6, 6.07) is 13.3. The Morgan fingerprint density at radius 1 is 1.10 bits per heavy atom. The first-order chi connectivity index (χ1) is 14.9. The lowest BCUT2D eigenvalue weighted by molar-refractivity contribution is -0.118. The molecule has 0 unspecified atom stereocenters. The van der Waals surface area contributed by atoms with Crippen molar-refractivity contribution < 1.29 is 4.79 Å². The van der Waals surface area contributed by atoms with Gasteiger partial charge in [-0.3, -0.25) is 14.0 Å². The van der Waals surface area contributed by atoms with Crippen LogP contribution in [0.4, 0.5) is 0 Å². The van der Waals surface area contributed by atoms with Crippen LogP contribution in [0.5, 0.6) is 0 Å². The lowest BCUT2D eigenvalue weighted by Gasteiger charge is -2.14. The molecule has 0 saturated heterocycles. The molecule has 0 aliphatic rings. The number of benzene rings is 2. The Balaban J connectivity index is 1.87. The monoisotopic (exact) mass is 435 g/mol. The SMILES string of the molecule is Cc1cccc(-n2c(=O)c3ccccc3n3c(SCC(=O)NCC(C)C)nnc23)c1C. The van der Waals surface area contributed by atoms with E-state index in [1.807, 2.05) is 60.7 Å². The summed E-state index contributed by atoms with van der Waals surface area (Å²) < 4.78 is 3.47. The predicted molar refractivity (Wildman–Crippen MR) is 124 cm³/mol. The first-order valence-electron chi connectivity index (χ1n) is 10.2. The van der Waals surface area contributed by atoms with Gasteiger partial charge in [0.15, 0.2) is 5.16 Å². The van der Waals surface area contributed by atoms with Gasteiger partial charge in [-0.2, -0.15) is 0 Å². The summed E-state index contributed by atoms with van der Waals surface area (Å²) in [4.78, 5) is 25.7. The number of hydrogen-bond acceptors (Lipinski definition) is 5. The number of carbonyl (C=O) groups is 1. The van der Waals surface area contributed by atoms with E-state index in [1.165, 1.54) is 11.8 Å². The molecule has 0 spiro atoms. The Hall–Kier alpha value is -3.13. The molecule has 8 heteroatoms. The highest BCUT2D eigenvalue weighted by Gasteiger charge is 2.19. The van der Waals surface area contributed by atoms with Gasteiger partial charge in [0.25, 0.3) is 5.56 Å². The fourth-order valence-electron chi connectivity index (χ4n) is 3.47. The van der Waals surface area contributed by atoms with Crippen molar-refractivity contribution in [2.45, 2.75) is 32.9 Å². The van der Waals surface area contributed by atoms with Gasteiger partial charge in [-0.15, -0.1) is 10.2 Å². The number of aromatic nitrogens is 4. The van der Waals surface area contributed by atoms with Crippen LogP contribution in [0.2, 0.25) is 0 Å². The number of thioether (sulfide) groups is 1. The Morgan fingerprint density at radius 2 is 1.87 bits per heavy atom. The minimum atomic E-state index is -0.143. The molecular weight excluding hydrogens is 410 g/mol. The molecule has 0 aliphatic heterocycles. The number of hydrogen-bond donors (Lipinski definition) is 1. The van der Waals surface area contributed by atoms with Crippen LogP contribution in [0.1, 0.15) is 25.0 Å². The smallest absolute Gasteiger partial charge is 0.267 e. The zero-order valence-corrected chi connectivity index (χ0v) is 18.9. The van der Waals surface area contributed by atoms with Crippen molar-refractivity contribution in [3.63, 3.8) is 0 Å². The average Bonchev–Trinajstić information content (AvgIpc) is 3.17. The van der Waals surface area contributed by atoms with Crippen molar-refractivity contribution in [1.29, 1.82) is 0 Å². The number of rotatable bonds is 6.